The van der Waals surface area contributed by atoms with Crippen LogP contribution < -0.4 is 0 Å². The van der Waals surface area contributed by atoms with E-state index in [9.17, 15) is 29.4 Å². The highest BCUT2D eigenvalue weighted by Gasteiger charge is 2.34. The lowest BCUT2D eigenvalue weighted by Gasteiger charge is -2.30. The van der Waals surface area contributed by atoms with Gasteiger partial charge in [-0.05, 0) is 95.9 Å². The minimum absolute atomic E-state index is 0.128. The number of carbonyl (C=O) groups excluding carboxylic acids is 2. The van der Waals surface area contributed by atoms with Crippen molar-refractivity contribution in [2.24, 2.45) is 0 Å². The normalized spacial score (nSPS) is 21.7. The zero-order valence-electron chi connectivity index (χ0n) is 36.9. The second-order valence-electron chi connectivity index (χ2n) is 16.5. The van der Waals surface area contributed by atoms with E-state index < -0.39 is 29.7 Å². The summed E-state index contributed by atoms with van der Waals surface area (Å²) in [4.78, 5) is 50.8. The molecule has 4 bridgehead atoms. The first-order chi connectivity index (χ1) is 29.0. The highest BCUT2D eigenvalue weighted by molar-refractivity contribution is 5.78. The summed E-state index contributed by atoms with van der Waals surface area (Å²) in [7, 11) is 4.59. The Morgan fingerprint density at radius 3 is 1.40 bits per heavy atom. The molecule has 6 unspecified atom stereocenters. The molecular formula is C50H74N2O8. The number of carboxylic acids is 2. The Balaban J connectivity index is 0.000000228. The molecule has 2 N–H and O–H groups in total. The number of benzene rings is 2. The number of aliphatic carboxylic acids is 2. The number of hydrogen-bond acceptors (Lipinski definition) is 8. The number of unbranched alkanes of at least 4 members (excludes halogenated alkanes) is 3. The van der Waals surface area contributed by atoms with Crippen LogP contribution in [-0.2, 0) is 28.7 Å². The van der Waals surface area contributed by atoms with E-state index in [1.165, 1.54) is 64.2 Å². The molecule has 0 aromatic heterocycles. The van der Waals surface area contributed by atoms with E-state index in [2.05, 4.69) is 37.7 Å². The Hall–Kier alpha value is -4.28. The zero-order chi connectivity index (χ0) is 43.5. The molecule has 2 aromatic carbocycles. The van der Waals surface area contributed by atoms with Crippen LogP contribution in [0, 0.1) is 0 Å². The van der Waals surface area contributed by atoms with Crippen LogP contribution in [0.2, 0.25) is 0 Å². The van der Waals surface area contributed by atoms with Gasteiger partial charge in [0.05, 0.1) is 6.42 Å². The van der Waals surface area contributed by atoms with Crippen molar-refractivity contribution in [3.05, 3.63) is 96.1 Å². The zero-order valence-corrected chi connectivity index (χ0v) is 36.9. The standard InChI is InChI=1S/2C17H22O4.2C8H15N/c2*1-2-3-4-5-9-12-16(18)21-13-15(17(19)20)14-10-7-6-8-11-14;2*1-9-7-3-2-4-8(9)6-5-7/h5-11,15H,2-4,12-13H2,1H3,(H,19,20);4-8,10-11,15H,2-3,9,12-13H2,1H3,(H,19,20);2*7-8H,2-6H2,1H3/b9-5+;5-4+;;. The van der Waals surface area contributed by atoms with Gasteiger partial charge in [0, 0.05) is 30.6 Å². The third-order valence-corrected chi connectivity index (χ3v) is 12.3. The first-order valence-electron chi connectivity index (χ1n) is 22.7. The van der Waals surface area contributed by atoms with Gasteiger partial charge in [-0.3, -0.25) is 19.2 Å². The van der Waals surface area contributed by atoms with Crippen LogP contribution in [0.25, 0.3) is 0 Å². The number of piperidine rings is 2. The number of carboxylic acid groups (broad SMARTS) is 2. The Kier molecular flexibility index (Phi) is 24.3. The van der Waals surface area contributed by atoms with Gasteiger partial charge in [0.15, 0.2) is 0 Å². The first-order valence-corrected chi connectivity index (χ1v) is 22.7. The van der Waals surface area contributed by atoms with E-state index in [-0.39, 0.29) is 32.0 Å². The molecule has 10 nitrogen and oxygen atoms in total. The maximum atomic E-state index is 11.6. The van der Waals surface area contributed by atoms with Crippen molar-refractivity contribution in [1.82, 2.24) is 9.80 Å². The molecule has 0 spiro atoms. The van der Waals surface area contributed by atoms with Crippen molar-refractivity contribution >= 4 is 23.9 Å². The third-order valence-electron chi connectivity index (χ3n) is 12.3. The fraction of sp³-hybridized carbons (Fsp3) is 0.600. The van der Waals surface area contributed by atoms with Gasteiger partial charge in [-0.15, -0.1) is 0 Å². The predicted octanol–water partition coefficient (Wildman–Crippen LogP) is 10.3. The van der Waals surface area contributed by atoms with Gasteiger partial charge >= 0.3 is 23.9 Å². The molecule has 4 aliphatic heterocycles. The molecule has 4 fully saturated rings. The highest BCUT2D eigenvalue weighted by atomic mass is 16.5. The summed E-state index contributed by atoms with van der Waals surface area (Å²) in [6.45, 7) is 3.93. The van der Waals surface area contributed by atoms with Crippen molar-refractivity contribution in [3.63, 3.8) is 0 Å². The largest absolute Gasteiger partial charge is 0.481 e. The van der Waals surface area contributed by atoms with E-state index in [1.807, 2.05) is 30.4 Å². The van der Waals surface area contributed by atoms with Crippen LogP contribution in [0.1, 0.15) is 152 Å². The number of fused-ring (bicyclic) bond motifs is 4. The summed E-state index contributed by atoms with van der Waals surface area (Å²) < 4.78 is 10.1. The quantitative estimate of drug-likeness (QED) is 0.0850. The van der Waals surface area contributed by atoms with E-state index in [4.69, 9.17) is 9.47 Å². The SMILES string of the molecule is CCC/C=C/CCC(=O)OCC(C(=O)O)c1ccccc1.CCCC/C=C/CC(=O)OCC(C(=O)O)c1ccccc1.CN1C2CCCC1CC2.CN1C2CCCC1CC2. The topological polar surface area (TPSA) is 134 Å². The number of ether oxygens (including phenoxy) is 2. The third kappa shape index (κ3) is 18.5. The van der Waals surface area contributed by atoms with Crippen molar-refractivity contribution in [2.75, 3.05) is 27.3 Å². The van der Waals surface area contributed by atoms with Crippen LogP contribution in [-0.4, -0.2) is 95.4 Å². The number of nitrogens with zero attached hydrogens (tertiary/aromatic N) is 2. The molecule has 4 saturated heterocycles. The smallest absolute Gasteiger partial charge is 0.314 e. The van der Waals surface area contributed by atoms with Gasteiger partial charge in [-0.2, -0.15) is 0 Å². The lowest BCUT2D eigenvalue weighted by atomic mass is 10.0. The Morgan fingerprint density at radius 2 is 1.00 bits per heavy atom. The number of hydrogen-bond donors (Lipinski definition) is 2. The Labute approximate surface area is 360 Å². The summed E-state index contributed by atoms with van der Waals surface area (Å²) in [5.41, 5.74) is 1.27. The summed E-state index contributed by atoms with van der Waals surface area (Å²) in [5, 5.41) is 18.4. The van der Waals surface area contributed by atoms with Crippen LogP contribution >= 0.6 is 0 Å². The van der Waals surface area contributed by atoms with Gasteiger partial charge in [0.25, 0.3) is 0 Å². The fourth-order valence-electron chi connectivity index (χ4n) is 8.45. The highest BCUT2D eigenvalue weighted by Crippen LogP contribution is 2.34. The summed E-state index contributed by atoms with van der Waals surface area (Å²) in [6, 6.07) is 21.4. The van der Waals surface area contributed by atoms with Crippen LogP contribution in [0.5, 0.6) is 0 Å². The van der Waals surface area contributed by atoms with Crippen molar-refractivity contribution in [1.29, 1.82) is 0 Å². The summed E-state index contributed by atoms with van der Waals surface area (Å²) in [5.74, 6) is -4.38. The average Bonchev–Trinajstić information content (AvgIpc) is 3.52. The maximum Gasteiger partial charge on any atom is 0.314 e. The molecule has 4 aliphatic rings. The van der Waals surface area contributed by atoms with Crippen LogP contribution in [0.3, 0.4) is 0 Å². The second kappa shape index (κ2) is 29.1. The molecule has 10 heteroatoms. The Bertz CT molecular complexity index is 1520. The van der Waals surface area contributed by atoms with Gasteiger partial charge < -0.3 is 29.5 Å². The molecule has 6 rings (SSSR count). The lowest BCUT2D eigenvalue weighted by molar-refractivity contribution is -0.149. The van der Waals surface area contributed by atoms with Crippen molar-refractivity contribution in [3.8, 4) is 0 Å². The molecule has 332 valence electrons. The first kappa shape index (κ1) is 50.1. The maximum absolute atomic E-state index is 11.6. The van der Waals surface area contributed by atoms with Gasteiger partial charge in [-0.25, -0.2) is 0 Å². The number of allylic oxidation sites excluding steroid dienone is 3. The fourth-order valence-corrected chi connectivity index (χ4v) is 8.45. The molecule has 4 heterocycles. The molecule has 0 aliphatic carbocycles. The molecule has 60 heavy (non-hydrogen) atoms. The van der Waals surface area contributed by atoms with Gasteiger partial charge in [-0.1, -0.05) is 131 Å². The Morgan fingerprint density at radius 1 is 0.583 bits per heavy atom. The number of esters is 2. The van der Waals surface area contributed by atoms with Crippen molar-refractivity contribution in [2.45, 2.75) is 165 Å². The van der Waals surface area contributed by atoms with Gasteiger partial charge in [0.2, 0.25) is 0 Å². The lowest BCUT2D eigenvalue weighted by Crippen LogP contribution is -2.35. The molecule has 6 atom stereocenters. The van der Waals surface area contributed by atoms with Crippen LogP contribution in [0.4, 0.5) is 0 Å². The molecule has 0 saturated carbocycles. The predicted molar refractivity (Wildman–Crippen MR) is 239 cm³/mol. The molecule has 0 amide bonds. The minimum Gasteiger partial charge on any atom is -0.481 e. The number of carbonyl (C=O) groups is 4. The molecule has 2 aromatic rings. The van der Waals surface area contributed by atoms with Crippen LogP contribution in [0.15, 0.2) is 85.0 Å². The van der Waals surface area contributed by atoms with E-state index in [0.717, 1.165) is 56.3 Å². The second-order valence-corrected chi connectivity index (χ2v) is 16.5. The van der Waals surface area contributed by atoms with E-state index in [0.29, 0.717) is 17.5 Å². The molecular weight excluding hydrogens is 757 g/mol. The minimum atomic E-state index is -0.993. The average molecular weight is 831 g/mol. The molecule has 0 radical (unpaired) electrons. The van der Waals surface area contributed by atoms with Gasteiger partial charge in [0.1, 0.15) is 25.0 Å². The van der Waals surface area contributed by atoms with Crippen molar-refractivity contribution < 1.29 is 38.9 Å². The van der Waals surface area contributed by atoms with E-state index >= 15 is 0 Å². The monoisotopic (exact) mass is 831 g/mol. The summed E-state index contributed by atoms with van der Waals surface area (Å²) in [6.07, 6.45) is 28.8. The van der Waals surface area contributed by atoms with E-state index in [1.54, 1.807) is 54.6 Å². The number of rotatable bonds is 18. The summed E-state index contributed by atoms with van der Waals surface area (Å²) >= 11 is 0.